The maximum Gasteiger partial charge on any atom is 0.407 e. The van der Waals surface area contributed by atoms with E-state index in [2.05, 4.69) is 10.6 Å². The van der Waals surface area contributed by atoms with Crippen molar-refractivity contribution >= 4 is 12.0 Å². The van der Waals surface area contributed by atoms with Crippen LogP contribution in [-0.2, 0) is 11.3 Å². The average Bonchev–Trinajstić information content (AvgIpc) is 2.41. The molecule has 0 bridgehead atoms. The number of amides is 2. The van der Waals surface area contributed by atoms with Crippen LogP contribution in [0, 0.1) is 0 Å². The second-order valence-corrected chi connectivity index (χ2v) is 5.54. The topological polar surface area (TPSA) is 87.7 Å². The van der Waals surface area contributed by atoms with Crippen molar-refractivity contribution in [3.63, 3.8) is 0 Å². The number of aliphatic hydroxyl groups is 1. The fraction of sp³-hybridized carbons (Fsp3) is 0.467. The molecule has 0 atom stereocenters. The number of aliphatic hydroxyl groups excluding tert-OH is 1. The Hall–Kier alpha value is -2.08. The molecule has 0 spiro atoms. The van der Waals surface area contributed by atoms with Gasteiger partial charge >= 0.3 is 6.09 Å². The number of carbonyl (C=O) groups is 2. The van der Waals surface area contributed by atoms with E-state index >= 15 is 0 Å². The Morgan fingerprint density at radius 2 is 1.67 bits per heavy atom. The zero-order valence-electron chi connectivity index (χ0n) is 12.6. The highest BCUT2D eigenvalue weighted by atomic mass is 16.6. The predicted molar refractivity (Wildman–Crippen MR) is 78.9 cm³/mol. The summed E-state index contributed by atoms with van der Waals surface area (Å²) in [5.41, 5.74) is 0.713. The minimum absolute atomic E-state index is 0.0539. The molecule has 0 radical (unpaired) electrons. The van der Waals surface area contributed by atoms with Gasteiger partial charge in [0.2, 0.25) is 0 Å². The molecule has 0 fully saturated rings. The van der Waals surface area contributed by atoms with Crippen LogP contribution < -0.4 is 10.6 Å². The standard InChI is InChI=1S/C15H22N2O4/c1-15(2,3)21-14(20)17-9-8-16-13(19)12-6-4-11(10-18)5-7-12/h4-7,18H,8-10H2,1-3H3,(H,16,19)(H,17,20). The van der Waals surface area contributed by atoms with Crippen LogP contribution >= 0.6 is 0 Å². The first kappa shape index (κ1) is 17.0. The summed E-state index contributed by atoms with van der Waals surface area (Å²) in [7, 11) is 0. The van der Waals surface area contributed by atoms with Gasteiger partial charge in [0.05, 0.1) is 6.61 Å². The Morgan fingerprint density at radius 3 is 2.19 bits per heavy atom. The molecule has 0 saturated carbocycles. The lowest BCUT2D eigenvalue weighted by atomic mass is 10.1. The molecule has 0 aliphatic carbocycles. The number of hydrogen-bond donors (Lipinski definition) is 3. The Bertz CT molecular complexity index is 477. The molecule has 3 N–H and O–H groups in total. The maximum absolute atomic E-state index is 11.8. The van der Waals surface area contributed by atoms with Crippen molar-refractivity contribution in [1.82, 2.24) is 10.6 Å². The first-order valence-corrected chi connectivity index (χ1v) is 6.76. The third-order valence-electron chi connectivity index (χ3n) is 2.48. The molecule has 0 aliphatic rings. The fourth-order valence-corrected chi connectivity index (χ4v) is 1.52. The predicted octanol–water partition coefficient (Wildman–Crippen LogP) is 1.43. The third-order valence-corrected chi connectivity index (χ3v) is 2.48. The van der Waals surface area contributed by atoms with Crippen molar-refractivity contribution in [2.24, 2.45) is 0 Å². The van der Waals surface area contributed by atoms with Gasteiger partial charge in [-0.3, -0.25) is 4.79 Å². The summed E-state index contributed by atoms with van der Waals surface area (Å²) in [6.45, 7) is 5.89. The Labute approximate surface area is 124 Å². The lowest BCUT2D eigenvalue weighted by Gasteiger charge is -2.19. The van der Waals surface area contributed by atoms with Gasteiger partial charge in [-0.2, -0.15) is 0 Å². The van der Waals surface area contributed by atoms with E-state index in [9.17, 15) is 9.59 Å². The lowest BCUT2D eigenvalue weighted by Crippen LogP contribution is -2.37. The summed E-state index contributed by atoms with van der Waals surface area (Å²) in [5.74, 6) is -0.231. The molecule has 1 rings (SSSR count). The van der Waals surface area contributed by atoms with Gasteiger partial charge in [0.15, 0.2) is 0 Å². The SMILES string of the molecule is CC(C)(C)OC(=O)NCCNC(=O)c1ccc(CO)cc1. The van der Waals surface area contributed by atoms with E-state index in [0.29, 0.717) is 12.1 Å². The minimum atomic E-state index is -0.540. The van der Waals surface area contributed by atoms with Crippen LogP contribution in [0.15, 0.2) is 24.3 Å². The molecule has 0 unspecified atom stereocenters. The maximum atomic E-state index is 11.8. The van der Waals surface area contributed by atoms with Gasteiger partial charge in [0.25, 0.3) is 5.91 Å². The molecule has 1 aromatic carbocycles. The van der Waals surface area contributed by atoms with Crippen LogP contribution in [0.4, 0.5) is 4.79 Å². The van der Waals surface area contributed by atoms with Gasteiger partial charge in [-0.25, -0.2) is 4.79 Å². The van der Waals surface area contributed by atoms with Crippen molar-refractivity contribution < 1.29 is 19.4 Å². The number of benzene rings is 1. The molecule has 2 amide bonds. The molecule has 0 aromatic heterocycles. The molecule has 6 nitrogen and oxygen atoms in total. The summed E-state index contributed by atoms with van der Waals surface area (Å²) in [4.78, 5) is 23.2. The van der Waals surface area contributed by atoms with Gasteiger partial charge < -0.3 is 20.5 Å². The van der Waals surface area contributed by atoms with Gasteiger partial charge in [-0.1, -0.05) is 12.1 Å². The summed E-state index contributed by atoms with van der Waals surface area (Å²) < 4.78 is 5.07. The number of nitrogens with one attached hydrogen (secondary N) is 2. The smallest absolute Gasteiger partial charge is 0.407 e. The van der Waals surface area contributed by atoms with E-state index in [4.69, 9.17) is 9.84 Å². The van der Waals surface area contributed by atoms with E-state index < -0.39 is 11.7 Å². The van der Waals surface area contributed by atoms with Crippen LogP contribution in [0.5, 0.6) is 0 Å². The van der Waals surface area contributed by atoms with Crippen LogP contribution in [-0.4, -0.2) is 35.8 Å². The number of ether oxygens (including phenoxy) is 1. The number of hydrogen-bond acceptors (Lipinski definition) is 4. The van der Waals surface area contributed by atoms with Gasteiger partial charge in [-0.15, -0.1) is 0 Å². The fourth-order valence-electron chi connectivity index (χ4n) is 1.52. The second-order valence-electron chi connectivity index (χ2n) is 5.54. The van der Waals surface area contributed by atoms with E-state index in [0.717, 1.165) is 5.56 Å². The molecule has 1 aromatic rings. The highest BCUT2D eigenvalue weighted by Gasteiger charge is 2.15. The van der Waals surface area contributed by atoms with Crippen molar-refractivity contribution in [1.29, 1.82) is 0 Å². The van der Waals surface area contributed by atoms with Crippen molar-refractivity contribution in [3.8, 4) is 0 Å². The minimum Gasteiger partial charge on any atom is -0.444 e. The normalized spacial score (nSPS) is 10.9. The zero-order chi connectivity index (χ0) is 15.9. The highest BCUT2D eigenvalue weighted by Crippen LogP contribution is 2.06. The number of alkyl carbamates (subject to hydrolysis) is 1. The molecule has 0 heterocycles. The van der Waals surface area contributed by atoms with Crippen molar-refractivity contribution in [2.45, 2.75) is 33.0 Å². The van der Waals surface area contributed by atoms with Crippen LogP contribution in [0.25, 0.3) is 0 Å². The lowest BCUT2D eigenvalue weighted by molar-refractivity contribution is 0.0526. The van der Waals surface area contributed by atoms with Gasteiger partial charge in [-0.05, 0) is 38.5 Å². The molecule has 6 heteroatoms. The second kappa shape index (κ2) is 7.64. The Kier molecular flexibility index (Phi) is 6.17. The summed E-state index contributed by atoms with van der Waals surface area (Å²) >= 11 is 0. The average molecular weight is 294 g/mol. The number of rotatable bonds is 5. The molecular weight excluding hydrogens is 272 g/mol. The quantitative estimate of drug-likeness (QED) is 0.717. The highest BCUT2D eigenvalue weighted by molar-refractivity contribution is 5.94. The first-order chi connectivity index (χ1) is 9.81. The molecule has 0 aliphatic heterocycles. The molecule has 21 heavy (non-hydrogen) atoms. The number of carbonyl (C=O) groups excluding carboxylic acids is 2. The Balaban J connectivity index is 2.28. The summed E-state index contributed by atoms with van der Waals surface area (Å²) in [6.07, 6.45) is -0.510. The Morgan fingerprint density at radius 1 is 1.10 bits per heavy atom. The zero-order valence-corrected chi connectivity index (χ0v) is 12.6. The van der Waals surface area contributed by atoms with Crippen molar-refractivity contribution in [2.75, 3.05) is 13.1 Å². The first-order valence-electron chi connectivity index (χ1n) is 6.76. The largest absolute Gasteiger partial charge is 0.444 e. The van der Waals surface area contributed by atoms with E-state index in [1.54, 1.807) is 45.0 Å². The summed E-state index contributed by atoms with van der Waals surface area (Å²) in [6, 6.07) is 6.66. The molecule has 116 valence electrons. The van der Waals surface area contributed by atoms with E-state index in [1.807, 2.05) is 0 Å². The van der Waals surface area contributed by atoms with Crippen molar-refractivity contribution in [3.05, 3.63) is 35.4 Å². The van der Waals surface area contributed by atoms with E-state index in [-0.39, 0.29) is 19.1 Å². The third kappa shape index (κ3) is 6.76. The van der Waals surface area contributed by atoms with Gasteiger partial charge in [0.1, 0.15) is 5.60 Å². The molecular formula is C15H22N2O4. The summed E-state index contributed by atoms with van der Waals surface area (Å²) in [5, 5.41) is 14.2. The monoisotopic (exact) mass is 294 g/mol. The van der Waals surface area contributed by atoms with Gasteiger partial charge in [0, 0.05) is 18.7 Å². The van der Waals surface area contributed by atoms with E-state index in [1.165, 1.54) is 0 Å². The molecule has 0 saturated heterocycles. The van der Waals surface area contributed by atoms with Crippen LogP contribution in [0.2, 0.25) is 0 Å². The van der Waals surface area contributed by atoms with Crippen LogP contribution in [0.1, 0.15) is 36.7 Å². The van der Waals surface area contributed by atoms with Crippen LogP contribution in [0.3, 0.4) is 0 Å².